The maximum Gasteiger partial charge on any atom is 0.198 e. The second-order valence-corrected chi connectivity index (χ2v) is 12.4. The van der Waals surface area contributed by atoms with Crippen LogP contribution in [0.4, 0.5) is 0 Å². The molecule has 0 aliphatic heterocycles. The van der Waals surface area contributed by atoms with E-state index in [1.807, 2.05) is 0 Å². The van der Waals surface area contributed by atoms with Crippen LogP contribution < -0.4 is 0 Å². The summed E-state index contributed by atoms with van der Waals surface area (Å²) in [7, 11) is 0. The normalized spacial score (nSPS) is 11.5. The summed E-state index contributed by atoms with van der Waals surface area (Å²) in [5.41, 5.74) is 4.17. The lowest BCUT2D eigenvalue weighted by Gasteiger charge is -2.13. The van der Waals surface area contributed by atoms with Gasteiger partial charge in [0.1, 0.15) is 0 Å². The third-order valence-electron chi connectivity index (χ3n) is 8.63. The molecule has 0 aliphatic carbocycles. The Morgan fingerprint density at radius 1 is 0.333 bits per heavy atom. The zero-order valence-corrected chi connectivity index (χ0v) is 27.1. The van der Waals surface area contributed by atoms with E-state index in [9.17, 15) is 0 Å². The number of nitrogens with zero attached hydrogens (tertiary/aromatic N) is 2. The van der Waals surface area contributed by atoms with Crippen molar-refractivity contribution in [1.29, 1.82) is 0 Å². The van der Waals surface area contributed by atoms with Crippen molar-refractivity contribution in [3.05, 3.63) is 23.3 Å². The van der Waals surface area contributed by atoms with Crippen LogP contribution in [0.25, 0.3) is 0 Å². The average Bonchev–Trinajstić information content (AvgIpc) is 2.95. The first-order valence-electron chi connectivity index (χ1n) is 18.1. The fraction of sp³-hybridized carbons (Fsp3) is 0.892. The van der Waals surface area contributed by atoms with Gasteiger partial charge in [0.2, 0.25) is 0 Å². The molecule has 0 spiro atoms. The summed E-state index contributed by atoms with van der Waals surface area (Å²) >= 11 is 0. The summed E-state index contributed by atoms with van der Waals surface area (Å²) in [6, 6.07) is 0. The van der Waals surface area contributed by atoms with E-state index in [4.69, 9.17) is 9.97 Å². The van der Waals surface area contributed by atoms with Gasteiger partial charge in [0.15, 0.2) is 6.33 Å². The zero-order valence-electron chi connectivity index (χ0n) is 27.1. The summed E-state index contributed by atoms with van der Waals surface area (Å²) in [5, 5.41) is 0. The van der Waals surface area contributed by atoms with Crippen LogP contribution in [0, 0.1) is 6.33 Å². The standard InChI is InChI=1S/C37H69N2/c1-4-7-10-13-16-19-22-25-28-31-35-36(32-29-26-23-20-17-14-11-8-5-2)38-34-39-37(35)33-30-27-24-21-18-15-12-9-6-3/h4-33H2,1-3H3. The highest BCUT2D eigenvalue weighted by molar-refractivity contribution is 5.25. The van der Waals surface area contributed by atoms with Crippen molar-refractivity contribution in [2.45, 2.75) is 213 Å². The summed E-state index contributed by atoms with van der Waals surface area (Å²) in [5.74, 6) is 0. The van der Waals surface area contributed by atoms with E-state index in [1.54, 1.807) is 0 Å². The number of hydrogen-bond donors (Lipinski definition) is 0. The van der Waals surface area contributed by atoms with E-state index in [0.717, 1.165) is 12.8 Å². The molecule has 1 heterocycles. The van der Waals surface area contributed by atoms with Crippen molar-refractivity contribution in [3.63, 3.8) is 0 Å². The summed E-state index contributed by atoms with van der Waals surface area (Å²) in [6.45, 7) is 6.91. The van der Waals surface area contributed by atoms with Crippen LogP contribution in [0.15, 0.2) is 0 Å². The smallest absolute Gasteiger partial charge is 0.198 e. The Morgan fingerprint density at radius 3 is 0.897 bits per heavy atom. The first-order valence-corrected chi connectivity index (χ1v) is 18.1. The number of aromatic nitrogens is 2. The molecule has 1 aromatic heterocycles. The van der Waals surface area contributed by atoms with E-state index in [1.165, 1.54) is 197 Å². The molecule has 0 fully saturated rings. The van der Waals surface area contributed by atoms with Crippen LogP contribution in [0.1, 0.15) is 211 Å². The quantitative estimate of drug-likeness (QED) is 0.0905. The number of rotatable bonds is 30. The maximum absolute atomic E-state index is 4.72. The van der Waals surface area contributed by atoms with Crippen molar-refractivity contribution >= 4 is 0 Å². The molecule has 1 rings (SSSR count). The topological polar surface area (TPSA) is 25.8 Å². The molecule has 2 nitrogen and oxygen atoms in total. The SMILES string of the molecule is CCCCCCCCCCCc1n[c]nc(CCCCCCCCCCC)c1CCCCCCCCCCC. The summed E-state index contributed by atoms with van der Waals surface area (Å²) in [6.07, 6.45) is 44.0. The molecule has 2 heteroatoms. The molecule has 0 saturated carbocycles. The van der Waals surface area contributed by atoms with Gasteiger partial charge in [-0.25, -0.2) is 9.97 Å². The first kappa shape index (κ1) is 36.1. The molecular formula is C37H69N2. The molecule has 0 aromatic carbocycles. The third-order valence-corrected chi connectivity index (χ3v) is 8.63. The third kappa shape index (κ3) is 21.5. The second-order valence-electron chi connectivity index (χ2n) is 12.4. The number of hydrogen-bond acceptors (Lipinski definition) is 2. The minimum atomic E-state index is 1.13. The molecule has 227 valence electrons. The monoisotopic (exact) mass is 542 g/mol. The van der Waals surface area contributed by atoms with Gasteiger partial charge in [0, 0.05) is 11.4 Å². The minimum Gasteiger partial charge on any atom is -0.230 e. The zero-order chi connectivity index (χ0) is 28.1. The summed E-state index contributed by atoms with van der Waals surface area (Å²) < 4.78 is 0. The maximum atomic E-state index is 4.72. The van der Waals surface area contributed by atoms with Crippen molar-refractivity contribution in [2.75, 3.05) is 0 Å². The van der Waals surface area contributed by atoms with E-state index in [0.29, 0.717) is 0 Å². The highest BCUT2D eigenvalue weighted by Gasteiger charge is 2.12. The predicted octanol–water partition coefficient (Wildman–Crippen LogP) is 12.5. The fourth-order valence-corrected chi connectivity index (χ4v) is 5.97. The Balaban J connectivity index is 2.44. The molecule has 0 atom stereocenters. The van der Waals surface area contributed by atoms with Crippen molar-refractivity contribution in [3.8, 4) is 0 Å². The Kier molecular flexibility index (Phi) is 26.5. The van der Waals surface area contributed by atoms with Gasteiger partial charge in [0.25, 0.3) is 0 Å². The largest absolute Gasteiger partial charge is 0.230 e. The number of unbranched alkanes of at least 4 members (excludes halogenated alkanes) is 24. The van der Waals surface area contributed by atoms with Crippen LogP contribution in [0.5, 0.6) is 0 Å². The predicted molar refractivity (Wildman–Crippen MR) is 174 cm³/mol. The molecule has 39 heavy (non-hydrogen) atoms. The van der Waals surface area contributed by atoms with E-state index in [2.05, 4.69) is 27.1 Å². The van der Waals surface area contributed by atoms with Gasteiger partial charge < -0.3 is 0 Å². The average molecular weight is 542 g/mol. The lowest BCUT2D eigenvalue weighted by molar-refractivity contribution is 0.554. The minimum absolute atomic E-state index is 1.13. The molecule has 0 unspecified atom stereocenters. The van der Waals surface area contributed by atoms with Crippen LogP contribution in [0.3, 0.4) is 0 Å². The van der Waals surface area contributed by atoms with Crippen LogP contribution in [0.2, 0.25) is 0 Å². The van der Waals surface area contributed by atoms with Crippen LogP contribution >= 0.6 is 0 Å². The Labute approximate surface area is 246 Å². The molecule has 0 saturated heterocycles. The fourth-order valence-electron chi connectivity index (χ4n) is 5.97. The Hall–Kier alpha value is -0.920. The second kappa shape index (κ2) is 28.6. The molecular weight excluding hydrogens is 472 g/mol. The van der Waals surface area contributed by atoms with Crippen LogP contribution in [-0.4, -0.2) is 9.97 Å². The van der Waals surface area contributed by atoms with Crippen molar-refractivity contribution in [2.24, 2.45) is 0 Å². The van der Waals surface area contributed by atoms with Gasteiger partial charge in [-0.2, -0.15) is 0 Å². The summed E-state index contributed by atoms with van der Waals surface area (Å²) in [4.78, 5) is 9.44. The van der Waals surface area contributed by atoms with Gasteiger partial charge in [-0.15, -0.1) is 0 Å². The van der Waals surface area contributed by atoms with Gasteiger partial charge in [-0.1, -0.05) is 175 Å². The van der Waals surface area contributed by atoms with E-state index >= 15 is 0 Å². The lowest BCUT2D eigenvalue weighted by Crippen LogP contribution is -2.07. The van der Waals surface area contributed by atoms with Crippen molar-refractivity contribution < 1.29 is 0 Å². The highest BCUT2D eigenvalue weighted by atomic mass is 14.8. The van der Waals surface area contributed by atoms with Crippen LogP contribution in [-0.2, 0) is 19.3 Å². The molecule has 1 radical (unpaired) electrons. The van der Waals surface area contributed by atoms with Gasteiger partial charge >= 0.3 is 0 Å². The highest BCUT2D eigenvalue weighted by Crippen LogP contribution is 2.21. The van der Waals surface area contributed by atoms with Crippen molar-refractivity contribution in [1.82, 2.24) is 9.97 Å². The molecule has 0 N–H and O–H groups in total. The Bertz CT molecular complexity index is 586. The van der Waals surface area contributed by atoms with E-state index < -0.39 is 0 Å². The van der Waals surface area contributed by atoms with Gasteiger partial charge in [-0.3, -0.25) is 0 Å². The molecule has 1 aromatic rings. The first-order chi connectivity index (χ1) is 19.3. The molecule has 0 aliphatic rings. The van der Waals surface area contributed by atoms with Gasteiger partial charge in [0.05, 0.1) is 0 Å². The molecule has 0 amide bonds. The van der Waals surface area contributed by atoms with E-state index in [-0.39, 0.29) is 0 Å². The number of aryl methyl sites for hydroxylation is 2. The molecule has 0 bridgehead atoms. The van der Waals surface area contributed by atoms with Gasteiger partial charge in [-0.05, 0) is 44.1 Å². The lowest BCUT2D eigenvalue weighted by atomic mass is 9.96. The Morgan fingerprint density at radius 2 is 0.590 bits per heavy atom.